The first-order valence-electron chi connectivity index (χ1n) is 16.3. The number of aromatic nitrogens is 2. The van der Waals surface area contributed by atoms with Crippen LogP contribution in [0.1, 0.15) is 84.5 Å². The molecule has 0 unspecified atom stereocenters. The molecule has 2 heterocycles. The van der Waals surface area contributed by atoms with Crippen molar-refractivity contribution in [3.8, 4) is 33.8 Å². The third-order valence-corrected chi connectivity index (χ3v) is 9.16. The van der Waals surface area contributed by atoms with Gasteiger partial charge >= 0.3 is 11.9 Å². The highest BCUT2D eigenvalue weighted by atomic mass is 16.5. The number of carbonyl (C=O) groups excluding carboxylic acids is 1. The van der Waals surface area contributed by atoms with E-state index in [4.69, 9.17) is 4.74 Å². The van der Waals surface area contributed by atoms with Gasteiger partial charge in [-0.15, -0.1) is 0 Å². The molecule has 0 radical (unpaired) electrons. The van der Waals surface area contributed by atoms with E-state index in [0.29, 0.717) is 27.8 Å². The average molecular weight is 653 g/mol. The summed E-state index contributed by atoms with van der Waals surface area (Å²) in [5.74, 6) is -2.30. The minimum atomic E-state index is -1.23. The first-order valence-corrected chi connectivity index (χ1v) is 16.3. The number of benzene rings is 4. The Hall–Kier alpha value is -5.56. The predicted molar refractivity (Wildman–Crippen MR) is 195 cm³/mol. The molecule has 0 spiro atoms. The van der Waals surface area contributed by atoms with Crippen LogP contribution in [0.4, 0.5) is 0 Å². The van der Waals surface area contributed by atoms with E-state index in [2.05, 4.69) is 9.97 Å². The van der Waals surface area contributed by atoms with Crippen molar-refractivity contribution < 1.29 is 24.5 Å². The fourth-order valence-electron chi connectivity index (χ4n) is 6.56. The Morgan fingerprint density at radius 3 is 1.96 bits per heavy atom. The second-order valence-corrected chi connectivity index (χ2v) is 14.6. The molecule has 0 saturated heterocycles. The Bertz CT molecular complexity index is 2300. The molecule has 49 heavy (non-hydrogen) atoms. The summed E-state index contributed by atoms with van der Waals surface area (Å²) in [6.45, 7) is 15.2. The maximum atomic E-state index is 14.4. The lowest BCUT2D eigenvalue weighted by molar-refractivity contribution is 0.0678. The Balaban J connectivity index is 1.57. The topological polar surface area (TPSA) is 110 Å². The molecule has 6 aromatic rings. The van der Waals surface area contributed by atoms with Crippen molar-refractivity contribution in [1.82, 2.24) is 9.97 Å². The van der Waals surface area contributed by atoms with Gasteiger partial charge in [0.1, 0.15) is 22.6 Å². The van der Waals surface area contributed by atoms with E-state index in [1.165, 1.54) is 0 Å². The number of phenolic OH excluding ortho intramolecular Hbond substituents is 1. The summed E-state index contributed by atoms with van der Waals surface area (Å²) in [5.41, 5.74) is 5.43. The molecule has 248 valence electrons. The molecular formula is C42H40N2O5. The summed E-state index contributed by atoms with van der Waals surface area (Å²) in [4.78, 5) is 36.6. The van der Waals surface area contributed by atoms with Crippen molar-refractivity contribution in [3.05, 3.63) is 119 Å². The van der Waals surface area contributed by atoms with Crippen molar-refractivity contribution in [1.29, 1.82) is 0 Å². The number of fused-ring (bicyclic) bond motifs is 2. The zero-order valence-corrected chi connectivity index (χ0v) is 29.1. The Kier molecular flexibility index (Phi) is 8.27. The van der Waals surface area contributed by atoms with Crippen LogP contribution in [0.15, 0.2) is 85.2 Å². The average Bonchev–Trinajstić information content (AvgIpc) is 3.03. The maximum absolute atomic E-state index is 14.4. The van der Waals surface area contributed by atoms with Gasteiger partial charge < -0.3 is 14.9 Å². The summed E-state index contributed by atoms with van der Waals surface area (Å²) < 4.78 is 6.19. The highest BCUT2D eigenvalue weighted by Gasteiger charge is 2.33. The molecule has 0 amide bonds. The van der Waals surface area contributed by atoms with E-state index in [1.807, 2.05) is 114 Å². The Morgan fingerprint density at radius 2 is 1.29 bits per heavy atom. The summed E-state index contributed by atoms with van der Waals surface area (Å²) >= 11 is 0. The maximum Gasteiger partial charge on any atom is 0.347 e. The van der Waals surface area contributed by atoms with Crippen molar-refractivity contribution in [3.63, 3.8) is 0 Å². The standard InChI is InChI=1S/C42H40N2O5/c1-23-29(26-16-17-33-27(20-26)14-11-18-43-33)21-31(41(3,4)5)37(45)34(23)40(48)49-38-32(42(6,7)8)22-30(24(2)35(38)39(46)47)28-15-9-12-25-13-10-19-44-36(25)28/h9-22,45H,1-8H3,(H,46,47). The number of esters is 1. The number of carboxylic acids is 1. The van der Waals surface area contributed by atoms with Crippen LogP contribution in [0.5, 0.6) is 11.5 Å². The second kappa shape index (κ2) is 12.2. The lowest BCUT2D eigenvalue weighted by atomic mass is 9.80. The smallest absolute Gasteiger partial charge is 0.347 e. The van der Waals surface area contributed by atoms with Crippen LogP contribution in [0.25, 0.3) is 44.1 Å². The van der Waals surface area contributed by atoms with E-state index in [-0.39, 0.29) is 22.6 Å². The molecule has 4 aromatic carbocycles. The van der Waals surface area contributed by atoms with E-state index >= 15 is 0 Å². The SMILES string of the molecule is Cc1c(-c2ccc3ncccc3c2)cc(C(C)(C)C)c(O)c1C(=O)Oc1c(C(C)(C)C)cc(-c2cccc3cccnc23)c(C)c1C(=O)O. The van der Waals surface area contributed by atoms with Crippen molar-refractivity contribution in [2.24, 2.45) is 0 Å². The third kappa shape index (κ3) is 6.01. The van der Waals surface area contributed by atoms with Crippen LogP contribution in [-0.2, 0) is 10.8 Å². The highest BCUT2D eigenvalue weighted by molar-refractivity contribution is 6.03. The van der Waals surface area contributed by atoms with Gasteiger partial charge in [0.15, 0.2) is 0 Å². The van der Waals surface area contributed by atoms with Crippen LogP contribution in [0, 0.1) is 13.8 Å². The van der Waals surface area contributed by atoms with Gasteiger partial charge in [0, 0.05) is 39.9 Å². The van der Waals surface area contributed by atoms with Crippen molar-refractivity contribution in [2.75, 3.05) is 0 Å². The van der Waals surface area contributed by atoms with Gasteiger partial charge in [0.2, 0.25) is 0 Å². The predicted octanol–water partition coefficient (Wildman–Crippen LogP) is 9.95. The zero-order chi connectivity index (χ0) is 35.4. The summed E-state index contributed by atoms with van der Waals surface area (Å²) in [5, 5.41) is 24.3. The molecular weight excluding hydrogens is 612 g/mol. The number of hydrogen-bond acceptors (Lipinski definition) is 6. The molecule has 2 N–H and O–H groups in total. The van der Waals surface area contributed by atoms with Crippen LogP contribution in [0.2, 0.25) is 0 Å². The van der Waals surface area contributed by atoms with Gasteiger partial charge in [-0.3, -0.25) is 9.97 Å². The lowest BCUT2D eigenvalue weighted by Gasteiger charge is -2.28. The first-order chi connectivity index (χ1) is 23.1. The summed E-state index contributed by atoms with van der Waals surface area (Å²) in [6, 6.07) is 23.2. The number of carboxylic acid groups (broad SMARTS) is 1. The van der Waals surface area contributed by atoms with Crippen LogP contribution in [-0.4, -0.2) is 32.1 Å². The number of phenols is 1. The second-order valence-electron chi connectivity index (χ2n) is 14.6. The molecule has 0 bridgehead atoms. The van der Waals surface area contributed by atoms with E-state index in [0.717, 1.165) is 38.5 Å². The number of carbonyl (C=O) groups is 2. The van der Waals surface area contributed by atoms with Crippen molar-refractivity contribution in [2.45, 2.75) is 66.2 Å². The first kappa shape index (κ1) is 33.3. The van der Waals surface area contributed by atoms with Gasteiger partial charge in [0.05, 0.1) is 11.0 Å². The fourth-order valence-corrected chi connectivity index (χ4v) is 6.56. The van der Waals surface area contributed by atoms with Crippen LogP contribution < -0.4 is 4.74 Å². The minimum Gasteiger partial charge on any atom is -0.507 e. The molecule has 0 saturated carbocycles. The molecule has 0 aliphatic rings. The number of aromatic hydroxyl groups is 1. The van der Waals surface area contributed by atoms with Gasteiger partial charge in [-0.2, -0.15) is 0 Å². The number of hydrogen-bond donors (Lipinski definition) is 2. The summed E-state index contributed by atoms with van der Waals surface area (Å²) in [6.07, 6.45) is 3.45. The molecule has 6 rings (SSSR count). The number of para-hydroxylation sites is 1. The minimum absolute atomic E-state index is 0.00936. The monoisotopic (exact) mass is 652 g/mol. The van der Waals surface area contributed by atoms with E-state index < -0.39 is 22.8 Å². The zero-order valence-electron chi connectivity index (χ0n) is 29.1. The van der Waals surface area contributed by atoms with E-state index in [1.54, 1.807) is 26.2 Å². The molecule has 0 fully saturated rings. The van der Waals surface area contributed by atoms with Gasteiger partial charge in [-0.05, 0) is 88.9 Å². The van der Waals surface area contributed by atoms with Gasteiger partial charge in [-0.25, -0.2) is 9.59 Å². The molecule has 7 nitrogen and oxygen atoms in total. The number of nitrogens with zero attached hydrogens (tertiary/aromatic N) is 2. The number of rotatable bonds is 5. The Morgan fingerprint density at radius 1 is 0.673 bits per heavy atom. The van der Waals surface area contributed by atoms with Gasteiger partial charge in [0.25, 0.3) is 0 Å². The molecule has 2 aromatic heterocycles. The van der Waals surface area contributed by atoms with Crippen molar-refractivity contribution >= 4 is 33.7 Å². The molecule has 0 aliphatic carbocycles. The molecule has 7 heteroatoms. The molecule has 0 aliphatic heterocycles. The normalized spacial score (nSPS) is 12.0. The fraction of sp³-hybridized carbons (Fsp3) is 0.238. The molecule has 0 atom stereocenters. The number of pyridine rings is 2. The number of ether oxygens (including phenoxy) is 1. The quantitative estimate of drug-likeness (QED) is 0.141. The Labute approximate surface area is 286 Å². The third-order valence-electron chi connectivity index (χ3n) is 9.16. The van der Waals surface area contributed by atoms with Gasteiger partial charge in [-0.1, -0.05) is 77.9 Å². The lowest BCUT2D eigenvalue weighted by Crippen LogP contribution is -2.22. The van der Waals surface area contributed by atoms with Crippen LogP contribution in [0.3, 0.4) is 0 Å². The highest BCUT2D eigenvalue weighted by Crippen LogP contribution is 2.45. The number of aromatic carboxylic acids is 1. The largest absolute Gasteiger partial charge is 0.507 e. The van der Waals surface area contributed by atoms with Crippen LogP contribution >= 0.6 is 0 Å². The van der Waals surface area contributed by atoms with E-state index in [9.17, 15) is 19.8 Å². The summed E-state index contributed by atoms with van der Waals surface area (Å²) in [7, 11) is 0.